The van der Waals surface area contributed by atoms with E-state index in [2.05, 4.69) is 253 Å². The molecule has 0 amide bonds. The van der Waals surface area contributed by atoms with E-state index in [9.17, 15) is 19.5 Å². The Bertz CT molecular complexity index is 6890. The molecule has 13 aromatic carbocycles. The van der Waals surface area contributed by atoms with Gasteiger partial charge in [0.05, 0.1) is 45.0 Å². The molecule has 0 aliphatic carbocycles. The summed E-state index contributed by atoms with van der Waals surface area (Å²) in [4.78, 5) is 59.3. The predicted molar refractivity (Wildman–Crippen MR) is 521 cm³/mol. The van der Waals surface area contributed by atoms with Crippen LogP contribution in [0.4, 0.5) is 0 Å². The number of aromatic nitrogens is 6. The third-order valence-corrected chi connectivity index (χ3v) is 19.9. The van der Waals surface area contributed by atoms with Gasteiger partial charge in [-0.3, -0.25) is 34.3 Å². The van der Waals surface area contributed by atoms with Crippen LogP contribution in [0, 0.1) is 90.6 Å². The number of ketones is 3. The Hall–Kier alpha value is -11.8. The van der Waals surface area contributed by atoms with E-state index < -0.39 is 0 Å². The molecular weight excluding hydrogens is 2510 g/mol. The van der Waals surface area contributed by atoms with E-state index in [0.717, 1.165) is 111 Å². The van der Waals surface area contributed by atoms with Crippen LogP contribution in [0.1, 0.15) is 94.5 Å². The first-order valence-electron chi connectivity index (χ1n) is 41.9. The van der Waals surface area contributed by atoms with Crippen LogP contribution in [0.15, 0.2) is 339 Å². The first-order chi connectivity index (χ1) is 60.6. The van der Waals surface area contributed by atoms with Gasteiger partial charge in [-0.1, -0.05) is 265 Å². The first kappa shape index (κ1) is 108. The predicted octanol–water partition coefficient (Wildman–Crippen LogP) is 28.4. The number of nitrogens with zero attached hydrogens (tertiary/aromatic N) is 6. The summed E-state index contributed by atoms with van der Waals surface area (Å²) >= 11 is 0. The molecule has 5 heterocycles. The Morgan fingerprint density at radius 3 is 1.37 bits per heavy atom. The Morgan fingerprint density at radius 2 is 0.840 bits per heavy atom. The maximum Gasteiger partial charge on any atom is 0.161 e. The molecule has 0 spiro atoms. The van der Waals surface area contributed by atoms with Crippen molar-refractivity contribution in [1.82, 2.24) is 29.9 Å². The maximum atomic E-state index is 11.0. The number of hydrogen-bond acceptors (Lipinski definition) is 12. The number of pyridine rings is 4. The summed E-state index contributed by atoms with van der Waals surface area (Å²) in [5.74, 6) is 0.0356. The smallest absolute Gasteiger partial charge is 0.161 e. The summed E-state index contributed by atoms with van der Waals surface area (Å²) in [5.41, 5.74) is 26.0. The number of aryl methyl sites for hydroxylation is 7. The number of aliphatic hydroxyl groups excluding tert-OH is 3. The van der Waals surface area contributed by atoms with E-state index in [-0.39, 0.29) is 147 Å². The second-order valence-electron chi connectivity index (χ2n) is 31.5. The summed E-state index contributed by atoms with van der Waals surface area (Å²) in [5, 5.41) is 36.3. The number of allylic oxidation sites excluding steroid dienone is 6. The van der Waals surface area contributed by atoms with Crippen molar-refractivity contribution in [2.24, 2.45) is 11.8 Å². The van der Waals surface area contributed by atoms with Crippen molar-refractivity contribution in [3.05, 3.63) is 408 Å². The molecule has 0 aliphatic rings. The standard InChI is InChI=1S/C29H19N2.C18H16N.C17H14N.C16H12N.C15H10N.C9H16O2.2C5H8O2.5Ir/c1-19-18-30-28-24-14-12-22(20-8-4-2-5-9-20)16-26(24)27-17-23(21-10-6-3-7-11-21)13-15-25(27)29(28)31-19;1-12-4-5-15-6-7-17(19-18(15)11-12)16-9-13(2)8-14(3)10-16;1-12-9-13(2)11-15(10-12)17-8-7-14-5-3-4-6-16(14)18-17;1-12-11-14-9-5-6-10-15(14)17-16(12)13-7-3-2-4-8-13;1-2-7-13(8-3-1)15-14-9-5-4-6-12(14)10-11-16-15;1-6(2)8(10)5-9(11)7(3)4;2*1-4(6)3-5(2)7;;;;;/h2-13,15-18H,1H3;4-9,11H,1-3H3;3-10H,1-2H3;2-7,9-11H,1H3;1-7,9-11H;5-7,10H,1-4H3;2*3,6H,1-2H3;;;;;/q5*-1;;;;;;;;. The minimum Gasteiger partial charge on any atom is -0.512 e. The molecule has 0 unspecified atom stereocenters. The number of carbonyl (C=O) groups excluding carboxylic acids is 3. The zero-order valence-corrected chi connectivity index (χ0v) is 87.6. The Morgan fingerprint density at radius 1 is 0.351 bits per heavy atom. The van der Waals surface area contributed by atoms with Gasteiger partial charge in [0, 0.05) is 149 Å². The van der Waals surface area contributed by atoms with Crippen molar-refractivity contribution in [2.45, 2.75) is 104 Å². The first-order valence-corrected chi connectivity index (χ1v) is 41.9. The van der Waals surface area contributed by atoms with Gasteiger partial charge in [-0.05, 0) is 145 Å². The molecule has 5 radical (unpaired) electrons. The third kappa shape index (κ3) is 31.5. The molecule has 12 nitrogen and oxygen atoms in total. The third-order valence-electron chi connectivity index (χ3n) is 19.9. The summed E-state index contributed by atoms with van der Waals surface area (Å²) in [6.07, 6.45) is 7.33. The molecule has 5 aromatic heterocycles. The number of aliphatic hydroxyl groups is 3. The molecule has 0 saturated carbocycles. The molecule has 0 saturated heterocycles. The minimum absolute atomic E-state index is 0. The molecule has 0 atom stereocenters. The van der Waals surface area contributed by atoms with Crippen LogP contribution in [0.25, 0.3) is 143 Å². The quantitative estimate of drug-likeness (QED) is 0.0482. The van der Waals surface area contributed by atoms with Gasteiger partial charge < -0.3 is 25.3 Å². The molecule has 18 rings (SSSR count). The van der Waals surface area contributed by atoms with Crippen molar-refractivity contribution in [2.75, 3.05) is 0 Å². The van der Waals surface area contributed by atoms with Gasteiger partial charge in [-0.2, -0.15) is 0 Å². The number of para-hydroxylation sites is 2. The maximum absolute atomic E-state index is 11.0. The minimum atomic E-state index is -0.125. The van der Waals surface area contributed by atoms with Crippen LogP contribution >= 0.6 is 0 Å². The Kier molecular flexibility index (Phi) is 43.6. The van der Waals surface area contributed by atoms with Crippen molar-refractivity contribution in [3.8, 4) is 67.3 Å². The van der Waals surface area contributed by atoms with Gasteiger partial charge in [0.25, 0.3) is 0 Å². The second kappa shape index (κ2) is 52.9. The molecule has 131 heavy (non-hydrogen) atoms. The molecule has 18 aromatic rings. The number of rotatable bonds is 11. The van der Waals surface area contributed by atoms with Gasteiger partial charge in [0.15, 0.2) is 17.3 Å². The van der Waals surface area contributed by atoms with Crippen LogP contribution in [0.5, 0.6) is 0 Å². The molecule has 0 bridgehead atoms. The van der Waals surface area contributed by atoms with Gasteiger partial charge >= 0.3 is 0 Å². The number of carbonyl (C=O) groups is 3. The number of benzene rings is 13. The molecule has 0 fully saturated rings. The van der Waals surface area contributed by atoms with E-state index in [1.165, 1.54) is 117 Å². The fourth-order valence-corrected chi connectivity index (χ4v) is 14.0. The zero-order chi connectivity index (χ0) is 89.9. The van der Waals surface area contributed by atoms with Gasteiger partial charge in [0.2, 0.25) is 0 Å². The summed E-state index contributed by atoms with van der Waals surface area (Å²) in [7, 11) is 0. The van der Waals surface area contributed by atoms with Crippen LogP contribution in [0.3, 0.4) is 0 Å². The van der Waals surface area contributed by atoms with Crippen molar-refractivity contribution < 1.29 is 130 Å². The molecule has 675 valence electrons. The van der Waals surface area contributed by atoms with Crippen LogP contribution < -0.4 is 0 Å². The van der Waals surface area contributed by atoms with E-state index in [4.69, 9.17) is 35.1 Å². The van der Waals surface area contributed by atoms with Crippen molar-refractivity contribution in [1.29, 1.82) is 0 Å². The second-order valence-corrected chi connectivity index (χ2v) is 31.5. The average molecular weight is 2610 g/mol. The largest absolute Gasteiger partial charge is 0.512 e. The summed E-state index contributed by atoms with van der Waals surface area (Å²) < 4.78 is 0. The Balaban J connectivity index is 0.000000239. The van der Waals surface area contributed by atoms with Gasteiger partial charge in [0.1, 0.15) is 0 Å². The summed E-state index contributed by atoms with van der Waals surface area (Å²) in [6, 6.07) is 117. The summed E-state index contributed by atoms with van der Waals surface area (Å²) in [6.45, 7) is 27.5. The monoisotopic (exact) mass is 2620 g/mol. The van der Waals surface area contributed by atoms with Gasteiger partial charge in [-0.25, -0.2) is 0 Å². The van der Waals surface area contributed by atoms with E-state index in [1.807, 2.05) is 162 Å². The van der Waals surface area contributed by atoms with E-state index >= 15 is 0 Å². The number of fused-ring (bicyclic) bond motifs is 10. The van der Waals surface area contributed by atoms with E-state index in [1.54, 1.807) is 0 Å². The zero-order valence-electron chi connectivity index (χ0n) is 75.7. The topological polar surface area (TPSA) is 189 Å². The normalized spacial score (nSPS) is 10.7. The van der Waals surface area contributed by atoms with Crippen LogP contribution in [-0.4, -0.2) is 62.6 Å². The van der Waals surface area contributed by atoms with Crippen LogP contribution in [0.2, 0.25) is 0 Å². The van der Waals surface area contributed by atoms with E-state index in [0.29, 0.717) is 0 Å². The fraction of sp³-hybridized carbons (Fsp3) is 0.149. The average Bonchev–Trinajstić information content (AvgIpc) is 0.733. The van der Waals surface area contributed by atoms with Crippen LogP contribution in [-0.2, 0) is 115 Å². The SMILES string of the molecule is CC(=O)C=C(C)O.CC(=O)C=C(C)O.CC(C)C(=O)C=C(O)C(C)C.Cc1[c-]c(-c2ccc3ccc(C)cc3n2)cc(C)c1.Cc1[c-]c(-c2ccc3ccccc3n2)cc(C)c1.Cc1cc2ccccc2nc1-c1[c-]cccc1.Cc1cnc2c3[c-]cc(-c4ccccc4)cc3c3cc(-c4ccccc4)ccc3c2n1.[Ir].[Ir].[Ir].[Ir].[Ir].[c-]1ccccc1-c1nccc2ccccc12. The molecular formula is C114H103Ir5N6O6-5. The van der Waals surface area contributed by atoms with Crippen molar-refractivity contribution in [3.63, 3.8) is 0 Å². The molecule has 3 N–H and O–H groups in total. The fourth-order valence-electron chi connectivity index (χ4n) is 14.0. The molecule has 0 aliphatic heterocycles. The molecule has 17 heteroatoms. The van der Waals surface area contributed by atoms with Gasteiger partial charge in [-0.15, -0.1) is 165 Å². The number of hydrogen-bond donors (Lipinski definition) is 3. The Labute approximate surface area is 837 Å². The van der Waals surface area contributed by atoms with Crippen molar-refractivity contribution >= 4 is 93.4 Å².